The molecule has 0 saturated carbocycles. The molecule has 2 aromatic rings. The van der Waals surface area contributed by atoms with E-state index in [0.717, 1.165) is 12.8 Å². The van der Waals surface area contributed by atoms with Gasteiger partial charge in [0.2, 0.25) is 0 Å². The first-order valence-electron chi connectivity index (χ1n) is 8.90. The van der Waals surface area contributed by atoms with Crippen molar-refractivity contribution >= 4 is 17.7 Å². The number of carbonyl (C=O) groups is 3. The first kappa shape index (κ1) is 18.8. The summed E-state index contributed by atoms with van der Waals surface area (Å²) in [6.45, 7) is 6.79. The van der Waals surface area contributed by atoms with Crippen molar-refractivity contribution in [2.45, 2.75) is 40.2 Å². The van der Waals surface area contributed by atoms with E-state index in [4.69, 9.17) is 5.11 Å². The molecule has 0 spiro atoms. The smallest absolute Gasteiger partial charge is 0.358 e. The number of carboxylic acid groups (broad SMARTS) is 1. The quantitative estimate of drug-likeness (QED) is 0.769. The third-order valence-electron chi connectivity index (χ3n) is 5.01. The van der Waals surface area contributed by atoms with Crippen molar-refractivity contribution in [1.29, 1.82) is 0 Å². The Kier molecular flexibility index (Phi) is 5.11. The highest BCUT2D eigenvalue weighted by Gasteiger charge is 2.29. The molecule has 144 valence electrons. The van der Waals surface area contributed by atoms with E-state index >= 15 is 0 Å². The normalized spacial score (nSPS) is 17.1. The van der Waals surface area contributed by atoms with Gasteiger partial charge < -0.3 is 15.0 Å². The highest BCUT2D eigenvalue weighted by molar-refractivity contribution is 6.02. The Morgan fingerprint density at radius 3 is 2.67 bits per heavy atom. The maximum atomic E-state index is 13.1. The highest BCUT2D eigenvalue weighted by Crippen LogP contribution is 2.24. The van der Waals surface area contributed by atoms with Gasteiger partial charge in [-0.1, -0.05) is 5.21 Å². The van der Waals surface area contributed by atoms with Crippen LogP contribution in [0, 0.1) is 19.8 Å². The number of rotatable bonds is 5. The topological polar surface area (TPSA) is 121 Å². The van der Waals surface area contributed by atoms with Crippen molar-refractivity contribution in [2.75, 3.05) is 13.1 Å². The summed E-state index contributed by atoms with van der Waals surface area (Å²) < 4.78 is 1.52. The molecule has 9 heteroatoms. The fourth-order valence-electron chi connectivity index (χ4n) is 3.73. The number of likely N-dealkylation sites (tertiary alicyclic amines) is 1. The van der Waals surface area contributed by atoms with Gasteiger partial charge in [-0.15, -0.1) is 5.10 Å². The van der Waals surface area contributed by atoms with Gasteiger partial charge in [-0.25, -0.2) is 4.79 Å². The molecule has 27 heavy (non-hydrogen) atoms. The Morgan fingerprint density at radius 1 is 1.33 bits per heavy atom. The van der Waals surface area contributed by atoms with Crippen LogP contribution in [0.5, 0.6) is 0 Å². The monoisotopic (exact) mass is 373 g/mol. The summed E-state index contributed by atoms with van der Waals surface area (Å²) in [4.78, 5) is 40.5. The van der Waals surface area contributed by atoms with E-state index in [1.807, 2.05) is 0 Å². The van der Waals surface area contributed by atoms with E-state index in [1.165, 1.54) is 17.8 Å². The lowest BCUT2D eigenvalue weighted by atomic mass is 9.96. The summed E-state index contributed by atoms with van der Waals surface area (Å²) in [6, 6.07) is 0. The molecule has 2 N–H and O–H groups in total. The summed E-state index contributed by atoms with van der Waals surface area (Å²) in [5.74, 6) is -1.12. The van der Waals surface area contributed by atoms with Crippen molar-refractivity contribution in [2.24, 2.45) is 5.92 Å². The van der Waals surface area contributed by atoms with Gasteiger partial charge in [-0.2, -0.15) is 0 Å². The van der Waals surface area contributed by atoms with Crippen molar-refractivity contribution in [3.63, 3.8) is 0 Å². The minimum atomic E-state index is -1.11. The zero-order valence-electron chi connectivity index (χ0n) is 15.7. The molecule has 0 aromatic carbocycles. The number of H-pyrrole nitrogens is 1. The lowest BCUT2D eigenvalue weighted by Crippen LogP contribution is -2.41. The zero-order valence-corrected chi connectivity index (χ0v) is 15.7. The van der Waals surface area contributed by atoms with E-state index in [-0.39, 0.29) is 23.3 Å². The average Bonchev–Trinajstić information content (AvgIpc) is 3.19. The Hall–Kier alpha value is -2.97. The van der Waals surface area contributed by atoms with Gasteiger partial charge in [0, 0.05) is 32.3 Å². The molecule has 9 nitrogen and oxygen atoms in total. The minimum Gasteiger partial charge on any atom is -0.476 e. The number of aromatic amines is 1. The second-order valence-electron chi connectivity index (χ2n) is 7.07. The van der Waals surface area contributed by atoms with Gasteiger partial charge in [0.05, 0.1) is 17.5 Å². The molecule has 2 aromatic heterocycles. The summed E-state index contributed by atoms with van der Waals surface area (Å²) in [6.07, 6.45) is 3.19. The number of hydrogen-bond acceptors (Lipinski definition) is 5. The predicted molar refractivity (Wildman–Crippen MR) is 95.9 cm³/mol. The molecule has 3 rings (SSSR count). The molecule has 0 aliphatic carbocycles. The summed E-state index contributed by atoms with van der Waals surface area (Å²) in [7, 11) is 0. The molecular weight excluding hydrogens is 350 g/mol. The average molecular weight is 373 g/mol. The van der Waals surface area contributed by atoms with Crippen LogP contribution < -0.4 is 0 Å². The Morgan fingerprint density at radius 2 is 2.07 bits per heavy atom. The van der Waals surface area contributed by atoms with Crippen molar-refractivity contribution < 1.29 is 19.5 Å². The molecule has 1 fully saturated rings. The third-order valence-corrected chi connectivity index (χ3v) is 5.01. The van der Waals surface area contributed by atoms with Crippen molar-refractivity contribution in [3.8, 4) is 0 Å². The minimum absolute atomic E-state index is 0.0803. The summed E-state index contributed by atoms with van der Waals surface area (Å²) in [5, 5.41) is 16.4. The molecule has 1 aliphatic heterocycles. The highest BCUT2D eigenvalue weighted by atomic mass is 16.4. The number of aromatic carboxylic acids is 1. The standard InChI is InChI=1S/C18H23N5O4/c1-10-15(11(2)19-16(10)12(3)24)17(25)22-6-4-5-13(7-22)8-23-9-14(18(26)27)20-21-23/h9,13,19H,4-8H2,1-3H3,(H,26,27)/t13-/m0/s1. The number of aryl methyl sites for hydroxylation is 1. The van der Waals surface area contributed by atoms with Gasteiger partial charge in [0.25, 0.3) is 5.91 Å². The maximum absolute atomic E-state index is 13.1. The number of amides is 1. The van der Waals surface area contributed by atoms with Crippen LogP contribution in [0.25, 0.3) is 0 Å². The first-order chi connectivity index (χ1) is 12.8. The van der Waals surface area contributed by atoms with Crippen LogP contribution in [0.2, 0.25) is 0 Å². The Bertz CT molecular complexity index is 898. The molecule has 1 atom stereocenters. The predicted octanol–water partition coefficient (Wildman–Crippen LogP) is 1.68. The van der Waals surface area contributed by atoms with Crippen molar-refractivity contribution in [1.82, 2.24) is 24.9 Å². The molecule has 3 heterocycles. The lowest BCUT2D eigenvalue weighted by molar-refractivity contribution is 0.0657. The van der Waals surface area contributed by atoms with Crippen LogP contribution in [-0.4, -0.2) is 60.7 Å². The van der Waals surface area contributed by atoms with E-state index < -0.39 is 5.97 Å². The van der Waals surface area contributed by atoms with E-state index in [2.05, 4.69) is 15.3 Å². The fourth-order valence-corrected chi connectivity index (χ4v) is 3.73. The van der Waals surface area contributed by atoms with Gasteiger partial charge >= 0.3 is 5.97 Å². The summed E-state index contributed by atoms with van der Waals surface area (Å²) in [5.41, 5.74) is 2.35. The number of piperidine rings is 1. The number of ketones is 1. The number of carbonyl (C=O) groups excluding carboxylic acids is 2. The van der Waals surface area contributed by atoms with Gasteiger partial charge in [-0.05, 0) is 38.2 Å². The van der Waals surface area contributed by atoms with E-state index in [1.54, 1.807) is 18.7 Å². The largest absolute Gasteiger partial charge is 0.476 e. The number of nitrogens with one attached hydrogen (secondary N) is 1. The SMILES string of the molecule is CC(=O)c1[nH]c(C)c(C(=O)N2CCC[C@H](Cn3cc(C(=O)O)nn3)C2)c1C. The number of aromatic nitrogens is 4. The number of hydrogen-bond donors (Lipinski definition) is 2. The van der Waals surface area contributed by atoms with Crippen LogP contribution >= 0.6 is 0 Å². The zero-order chi connectivity index (χ0) is 19.7. The number of nitrogens with zero attached hydrogens (tertiary/aromatic N) is 4. The molecule has 1 amide bonds. The van der Waals surface area contributed by atoms with Crippen LogP contribution in [0.15, 0.2) is 6.20 Å². The van der Waals surface area contributed by atoms with E-state index in [0.29, 0.717) is 42.1 Å². The van der Waals surface area contributed by atoms with Crippen LogP contribution in [-0.2, 0) is 6.54 Å². The van der Waals surface area contributed by atoms with Crippen LogP contribution in [0.4, 0.5) is 0 Å². The van der Waals surface area contributed by atoms with E-state index in [9.17, 15) is 14.4 Å². The Balaban J connectivity index is 1.73. The number of carboxylic acids is 1. The molecular formula is C18H23N5O4. The van der Waals surface area contributed by atoms with Gasteiger partial charge in [0.1, 0.15) is 0 Å². The van der Waals surface area contributed by atoms with Crippen molar-refractivity contribution in [3.05, 3.63) is 34.4 Å². The maximum Gasteiger partial charge on any atom is 0.358 e. The lowest BCUT2D eigenvalue weighted by Gasteiger charge is -2.33. The number of Topliss-reactive ketones (excluding diaryl/α,β-unsaturated/α-hetero) is 1. The van der Waals surface area contributed by atoms with Gasteiger partial charge in [0.15, 0.2) is 11.5 Å². The Labute approximate surface area is 156 Å². The molecule has 0 bridgehead atoms. The van der Waals surface area contributed by atoms with Gasteiger partial charge in [-0.3, -0.25) is 14.3 Å². The molecule has 0 radical (unpaired) electrons. The fraction of sp³-hybridized carbons (Fsp3) is 0.500. The molecule has 1 aliphatic rings. The molecule has 0 unspecified atom stereocenters. The van der Waals surface area contributed by atoms with Crippen LogP contribution in [0.3, 0.4) is 0 Å². The van der Waals surface area contributed by atoms with Crippen LogP contribution in [0.1, 0.15) is 62.4 Å². The third kappa shape index (κ3) is 3.76. The first-order valence-corrected chi connectivity index (χ1v) is 8.90. The summed E-state index contributed by atoms with van der Waals surface area (Å²) >= 11 is 0. The second kappa shape index (κ2) is 7.34. The second-order valence-corrected chi connectivity index (χ2v) is 7.07. The molecule has 1 saturated heterocycles.